The summed E-state index contributed by atoms with van der Waals surface area (Å²) in [5.74, 6) is -3.56. The topological polar surface area (TPSA) is 87.7 Å². The standard InChI is InChI=1S/C18H18F2N2O4/c1-11(17(24)22-12-6-7-14(19)15(20)10-12)26-18(25)13-4-2-3-5-16(13)21-8-9-23/h2-7,10-11,21,23H,8-9H2,1H3,(H,22,24)/t11-/m0/s1. The molecular weight excluding hydrogens is 346 g/mol. The van der Waals surface area contributed by atoms with E-state index in [1.165, 1.54) is 19.1 Å². The Morgan fingerprint density at radius 2 is 1.88 bits per heavy atom. The van der Waals surface area contributed by atoms with E-state index in [0.29, 0.717) is 5.69 Å². The summed E-state index contributed by atoms with van der Waals surface area (Å²) in [4.78, 5) is 24.4. The molecule has 0 aromatic heterocycles. The van der Waals surface area contributed by atoms with Crippen LogP contribution in [-0.2, 0) is 9.53 Å². The largest absolute Gasteiger partial charge is 0.449 e. The SMILES string of the molecule is C[C@H](OC(=O)c1ccccc1NCCO)C(=O)Nc1ccc(F)c(F)c1. The Balaban J connectivity index is 2.02. The summed E-state index contributed by atoms with van der Waals surface area (Å²) in [6.45, 7) is 1.49. The summed E-state index contributed by atoms with van der Waals surface area (Å²) in [6.07, 6.45) is -1.17. The van der Waals surface area contributed by atoms with Gasteiger partial charge in [0.15, 0.2) is 17.7 Å². The fourth-order valence-electron chi connectivity index (χ4n) is 2.10. The zero-order valence-electron chi connectivity index (χ0n) is 14.0. The third-order valence-electron chi connectivity index (χ3n) is 3.41. The molecule has 2 aromatic rings. The lowest BCUT2D eigenvalue weighted by Crippen LogP contribution is -2.30. The maximum Gasteiger partial charge on any atom is 0.341 e. The van der Waals surface area contributed by atoms with Crippen molar-refractivity contribution in [3.63, 3.8) is 0 Å². The number of esters is 1. The smallest absolute Gasteiger partial charge is 0.341 e. The number of hydrogen-bond acceptors (Lipinski definition) is 5. The average molecular weight is 364 g/mol. The third-order valence-corrected chi connectivity index (χ3v) is 3.41. The van der Waals surface area contributed by atoms with Gasteiger partial charge in [-0.3, -0.25) is 4.79 Å². The zero-order valence-corrected chi connectivity index (χ0v) is 14.0. The Morgan fingerprint density at radius 3 is 2.58 bits per heavy atom. The Labute approximate surface area is 148 Å². The highest BCUT2D eigenvalue weighted by atomic mass is 19.2. The van der Waals surface area contributed by atoms with Crippen LogP contribution < -0.4 is 10.6 Å². The van der Waals surface area contributed by atoms with E-state index in [4.69, 9.17) is 9.84 Å². The Morgan fingerprint density at radius 1 is 1.15 bits per heavy atom. The molecule has 0 fully saturated rings. The summed E-state index contributed by atoms with van der Waals surface area (Å²) in [5.41, 5.74) is 0.704. The summed E-state index contributed by atoms with van der Waals surface area (Å²) in [6, 6.07) is 9.39. The van der Waals surface area contributed by atoms with Crippen molar-refractivity contribution in [1.29, 1.82) is 0 Å². The Bertz CT molecular complexity index is 799. The molecule has 0 saturated heterocycles. The van der Waals surface area contributed by atoms with Crippen molar-refractivity contribution in [2.75, 3.05) is 23.8 Å². The molecule has 0 aliphatic carbocycles. The fourth-order valence-corrected chi connectivity index (χ4v) is 2.10. The highest BCUT2D eigenvalue weighted by Crippen LogP contribution is 2.18. The molecule has 1 amide bonds. The number of rotatable bonds is 7. The predicted molar refractivity (Wildman–Crippen MR) is 91.9 cm³/mol. The van der Waals surface area contributed by atoms with Gasteiger partial charge in [-0.25, -0.2) is 13.6 Å². The van der Waals surface area contributed by atoms with E-state index in [1.807, 2.05) is 0 Å². The molecule has 0 unspecified atom stereocenters. The molecule has 26 heavy (non-hydrogen) atoms. The number of para-hydroxylation sites is 1. The number of carbonyl (C=O) groups excluding carboxylic acids is 2. The third kappa shape index (κ3) is 5.00. The van der Waals surface area contributed by atoms with Crippen molar-refractivity contribution in [2.24, 2.45) is 0 Å². The van der Waals surface area contributed by atoms with Gasteiger partial charge in [0.2, 0.25) is 0 Å². The quantitative estimate of drug-likeness (QED) is 0.657. The first-order chi connectivity index (χ1) is 12.4. The molecule has 2 rings (SSSR count). The van der Waals surface area contributed by atoms with Crippen LogP contribution in [0.3, 0.4) is 0 Å². The molecule has 0 heterocycles. The number of carbonyl (C=O) groups is 2. The van der Waals surface area contributed by atoms with Crippen molar-refractivity contribution in [1.82, 2.24) is 0 Å². The van der Waals surface area contributed by atoms with E-state index in [1.54, 1.807) is 18.2 Å². The Kier molecular flexibility index (Phi) is 6.62. The number of benzene rings is 2. The van der Waals surface area contributed by atoms with Gasteiger partial charge in [-0.15, -0.1) is 0 Å². The van der Waals surface area contributed by atoms with Crippen LogP contribution in [-0.4, -0.2) is 36.2 Å². The fraction of sp³-hybridized carbons (Fsp3) is 0.222. The molecule has 6 nitrogen and oxygen atoms in total. The van der Waals surface area contributed by atoms with Gasteiger partial charge in [0.05, 0.1) is 12.2 Å². The predicted octanol–water partition coefficient (Wildman–Crippen LogP) is 2.55. The second-order valence-electron chi connectivity index (χ2n) is 5.36. The molecule has 1 atom stereocenters. The molecule has 138 valence electrons. The number of aliphatic hydroxyl groups is 1. The highest BCUT2D eigenvalue weighted by molar-refractivity contribution is 5.99. The minimum atomic E-state index is -1.17. The lowest BCUT2D eigenvalue weighted by molar-refractivity contribution is -0.123. The number of halogens is 2. The summed E-state index contributed by atoms with van der Waals surface area (Å²) in [5, 5.41) is 14.1. The summed E-state index contributed by atoms with van der Waals surface area (Å²) >= 11 is 0. The molecule has 8 heteroatoms. The molecule has 0 aliphatic heterocycles. The first-order valence-corrected chi connectivity index (χ1v) is 7.83. The van der Waals surface area contributed by atoms with Gasteiger partial charge >= 0.3 is 5.97 Å². The first-order valence-electron chi connectivity index (χ1n) is 7.83. The maximum atomic E-state index is 13.2. The number of nitrogens with one attached hydrogen (secondary N) is 2. The number of hydrogen-bond donors (Lipinski definition) is 3. The molecule has 0 spiro atoms. The highest BCUT2D eigenvalue weighted by Gasteiger charge is 2.21. The van der Waals surface area contributed by atoms with Crippen LogP contribution >= 0.6 is 0 Å². The van der Waals surface area contributed by atoms with Gasteiger partial charge in [-0.1, -0.05) is 12.1 Å². The molecule has 3 N–H and O–H groups in total. The van der Waals surface area contributed by atoms with Crippen molar-refractivity contribution < 1.29 is 28.2 Å². The van der Waals surface area contributed by atoms with Crippen LogP contribution in [0.4, 0.5) is 20.2 Å². The number of amides is 1. The Hall–Kier alpha value is -3.00. The molecule has 0 saturated carbocycles. The van der Waals surface area contributed by atoms with Gasteiger partial charge < -0.3 is 20.5 Å². The second-order valence-corrected chi connectivity index (χ2v) is 5.36. The van der Waals surface area contributed by atoms with Crippen LogP contribution in [0.2, 0.25) is 0 Å². The number of anilines is 2. The molecule has 0 radical (unpaired) electrons. The molecular formula is C18H18F2N2O4. The van der Waals surface area contributed by atoms with Crippen LogP contribution in [0.15, 0.2) is 42.5 Å². The van der Waals surface area contributed by atoms with Crippen molar-refractivity contribution in [3.8, 4) is 0 Å². The van der Waals surface area contributed by atoms with E-state index in [9.17, 15) is 18.4 Å². The lowest BCUT2D eigenvalue weighted by atomic mass is 10.1. The van der Waals surface area contributed by atoms with E-state index in [2.05, 4.69) is 10.6 Å². The van der Waals surface area contributed by atoms with Crippen molar-refractivity contribution >= 4 is 23.3 Å². The maximum absolute atomic E-state index is 13.2. The summed E-state index contributed by atoms with van der Waals surface area (Å²) in [7, 11) is 0. The van der Waals surface area contributed by atoms with Gasteiger partial charge in [0, 0.05) is 24.0 Å². The van der Waals surface area contributed by atoms with Gasteiger partial charge in [0.1, 0.15) is 0 Å². The van der Waals surface area contributed by atoms with Crippen LogP contribution in [0.25, 0.3) is 0 Å². The van der Waals surface area contributed by atoms with Crippen molar-refractivity contribution in [2.45, 2.75) is 13.0 Å². The lowest BCUT2D eigenvalue weighted by Gasteiger charge is -2.15. The van der Waals surface area contributed by atoms with E-state index in [-0.39, 0.29) is 24.4 Å². The van der Waals surface area contributed by atoms with Gasteiger partial charge in [-0.2, -0.15) is 0 Å². The van der Waals surface area contributed by atoms with E-state index in [0.717, 1.165) is 12.1 Å². The van der Waals surface area contributed by atoms with E-state index >= 15 is 0 Å². The van der Waals surface area contributed by atoms with Crippen LogP contribution in [0.5, 0.6) is 0 Å². The van der Waals surface area contributed by atoms with Gasteiger partial charge in [-0.05, 0) is 31.2 Å². The van der Waals surface area contributed by atoms with E-state index < -0.39 is 29.6 Å². The normalized spacial score (nSPS) is 11.5. The zero-order chi connectivity index (χ0) is 19.1. The minimum Gasteiger partial charge on any atom is -0.449 e. The number of ether oxygens (including phenoxy) is 1. The van der Waals surface area contributed by atoms with Crippen LogP contribution in [0, 0.1) is 11.6 Å². The van der Waals surface area contributed by atoms with Crippen LogP contribution in [0.1, 0.15) is 17.3 Å². The average Bonchev–Trinajstić information content (AvgIpc) is 2.63. The first kappa shape index (κ1) is 19.3. The van der Waals surface area contributed by atoms with Gasteiger partial charge in [0.25, 0.3) is 5.91 Å². The molecule has 0 aliphatic rings. The number of aliphatic hydroxyl groups excluding tert-OH is 1. The second kappa shape index (κ2) is 8.91. The molecule has 2 aromatic carbocycles. The monoisotopic (exact) mass is 364 g/mol. The van der Waals surface area contributed by atoms with Crippen molar-refractivity contribution in [3.05, 3.63) is 59.7 Å². The minimum absolute atomic E-state index is 0.0433. The summed E-state index contributed by atoms with van der Waals surface area (Å²) < 4.78 is 31.2. The molecule has 0 bridgehead atoms.